The number of nitrogens with one attached hydrogen (secondary N) is 1. The summed E-state index contributed by atoms with van der Waals surface area (Å²) in [5.41, 5.74) is 3.81. The lowest BCUT2D eigenvalue weighted by atomic mass is 10.1. The molecule has 3 rings (SSSR count). The van der Waals surface area contributed by atoms with E-state index >= 15 is 0 Å². The van der Waals surface area contributed by atoms with E-state index in [9.17, 15) is 17.6 Å². The molecule has 0 amide bonds. The van der Waals surface area contributed by atoms with Crippen LogP contribution in [0.15, 0.2) is 53.6 Å². The summed E-state index contributed by atoms with van der Waals surface area (Å²) in [6, 6.07) is 11.9. The van der Waals surface area contributed by atoms with Gasteiger partial charge >= 0.3 is 6.18 Å². The van der Waals surface area contributed by atoms with Crippen LogP contribution in [0.2, 0.25) is 0 Å². The number of anilines is 1. The van der Waals surface area contributed by atoms with Crippen LogP contribution in [0.3, 0.4) is 0 Å². The van der Waals surface area contributed by atoms with Crippen LogP contribution in [-0.4, -0.2) is 15.7 Å². The zero-order chi connectivity index (χ0) is 18.0. The first-order chi connectivity index (χ1) is 11.8. The highest BCUT2D eigenvalue weighted by Crippen LogP contribution is 2.30. The summed E-state index contributed by atoms with van der Waals surface area (Å²) in [5, 5.41) is 4.46. The number of fused-ring (bicyclic) bond motifs is 1. The number of nitrogens with zero attached hydrogens (tertiary/aromatic N) is 3. The second-order valence-corrected chi connectivity index (χ2v) is 5.23. The zero-order valence-electron chi connectivity index (χ0n) is 13.0. The highest BCUT2D eigenvalue weighted by Gasteiger charge is 2.35. The van der Waals surface area contributed by atoms with Gasteiger partial charge in [0.1, 0.15) is 5.82 Å². The fraction of sp³-hybridized carbons (Fsp3) is 0.118. The van der Waals surface area contributed by atoms with Crippen molar-refractivity contribution in [3.8, 4) is 0 Å². The number of alkyl halides is 3. The number of para-hydroxylation sites is 1. The predicted molar refractivity (Wildman–Crippen MR) is 86.8 cm³/mol. The molecule has 4 nitrogen and oxygen atoms in total. The Morgan fingerprint density at radius 3 is 2.36 bits per heavy atom. The molecule has 0 aliphatic carbocycles. The van der Waals surface area contributed by atoms with E-state index in [4.69, 9.17) is 0 Å². The number of benzene rings is 2. The van der Waals surface area contributed by atoms with Crippen LogP contribution in [0, 0.1) is 5.82 Å². The molecule has 0 radical (unpaired) electrons. The summed E-state index contributed by atoms with van der Waals surface area (Å²) in [6.45, 7) is 1.65. The van der Waals surface area contributed by atoms with E-state index in [2.05, 4.69) is 20.5 Å². The minimum Gasteiger partial charge on any atom is -0.260 e. The molecule has 2 aromatic carbocycles. The van der Waals surface area contributed by atoms with Crippen molar-refractivity contribution < 1.29 is 17.6 Å². The topological polar surface area (TPSA) is 50.2 Å². The maximum Gasteiger partial charge on any atom is 0.451 e. The maximum atomic E-state index is 13.0. The van der Waals surface area contributed by atoms with Gasteiger partial charge in [-0.1, -0.05) is 24.3 Å². The van der Waals surface area contributed by atoms with Gasteiger partial charge in [0, 0.05) is 5.39 Å². The lowest BCUT2D eigenvalue weighted by Gasteiger charge is -2.10. The van der Waals surface area contributed by atoms with E-state index in [1.165, 1.54) is 30.3 Å². The first kappa shape index (κ1) is 16.8. The third-order valence-corrected chi connectivity index (χ3v) is 3.45. The molecule has 25 heavy (non-hydrogen) atoms. The largest absolute Gasteiger partial charge is 0.451 e. The molecule has 0 spiro atoms. The van der Waals surface area contributed by atoms with Crippen molar-refractivity contribution in [1.82, 2.24) is 9.97 Å². The summed E-state index contributed by atoms with van der Waals surface area (Å²) in [5.74, 6) is -1.69. The fourth-order valence-electron chi connectivity index (χ4n) is 2.18. The van der Waals surface area contributed by atoms with Crippen LogP contribution in [0.1, 0.15) is 18.3 Å². The first-order valence-corrected chi connectivity index (χ1v) is 7.25. The molecular weight excluding hydrogens is 336 g/mol. The standard InChI is InChI=1S/C17H12F4N4/c1-10(11-6-8-12(18)9-7-11)24-25-15-13-4-2-3-5-14(13)22-16(23-15)17(19,20)21/h2-9H,1H3,(H,22,23,25)/b24-10-. The lowest BCUT2D eigenvalue weighted by molar-refractivity contribution is -0.144. The summed E-state index contributed by atoms with van der Waals surface area (Å²) < 4.78 is 51.9. The van der Waals surface area contributed by atoms with Crippen LogP contribution in [0.25, 0.3) is 10.9 Å². The Kier molecular flexibility index (Phi) is 4.35. The van der Waals surface area contributed by atoms with Crippen LogP contribution >= 0.6 is 0 Å². The number of halogens is 4. The van der Waals surface area contributed by atoms with Gasteiger partial charge in [0.2, 0.25) is 5.82 Å². The number of hydrogen-bond acceptors (Lipinski definition) is 4. The molecule has 1 aromatic heterocycles. The maximum absolute atomic E-state index is 13.0. The Balaban J connectivity index is 2.00. The van der Waals surface area contributed by atoms with Crippen molar-refractivity contribution in [1.29, 1.82) is 0 Å². The molecule has 0 bridgehead atoms. The highest BCUT2D eigenvalue weighted by atomic mass is 19.4. The van der Waals surface area contributed by atoms with Gasteiger partial charge in [0.25, 0.3) is 0 Å². The van der Waals surface area contributed by atoms with Crippen LogP contribution < -0.4 is 5.43 Å². The van der Waals surface area contributed by atoms with Crippen molar-refractivity contribution in [2.24, 2.45) is 5.10 Å². The van der Waals surface area contributed by atoms with Gasteiger partial charge in [-0.3, -0.25) is 5.43 Å². The molecule has 0 aliphatic heterocycles. The Morgan fingerprint density at radius 1 is 1.00 bits per heavy atom. The minimum absolute atomic E-state index is 0.0561. The van der Waals surface area contributed by atoms with Crippen LogP contribution in [0.4, 0.5) is 23.4 Å². The zero-order valence-corrected chi connectivity index (χ0v) is 13.0. The SMILES string of the molecule is C/C(=N/Nc1nc(C(F)(F)F)nc2ccccc12)c1ccc(F)cc1. The summed E-state index contributed by atoms with van der Waals surface area (Å²) >= 11 is 0. The van der Waals surface area contributed by atoms with E-state index < -0.39 is 12.0 Å². The number of hydrogen-bond donors (Lipinski definition) is 1. The number of aromatic nitrogens is 2. The molecule has 0 unspecified atom stereocenters. The van der Waals surface area contributed by atoms with Gasteiger partial charge in [-0.25, -0.2) is 14.4 Å². The quantitative estimate of drug-likeness (QED) is 0.427. The van der Waals surface area contributed by atoms with Crippen molar-refractivity contribution in [2.45, 2.75) is 13.1 Å². The Hall–Kier alpha value is -3.03. The van der Waals surface area contributed by atoms with Crippen molar-refractivity contribution in [3.05, 3.63) is 65.7 Å². The third-order valence-electron chi connectivity index (χ3n) is 3.45. The number of rotatable bonds is 3. The first-order valence-electron chi connectivity index (χ1n) is 7.25. The normalized spacial score (nSPS) is 12.4. The van der Waals surface area contributed by atoms with Crippen molar-refractivity contribution in [3.63, 3.8) is 0 Å². The third kappa shape index (κ3) is 3.73. The molecular formula is C17H12F4N4. The molecule has 3 aromatic rings. The van der Waals surface area contributed by atoms with E-state index in [0.29, 0.717) is 16.7 Å². The van der Waals surface area contributed by atoms with E-state index in [1.54, 1.807) is 25.1 Å². The van der Waals surface area contributed by atoms with Crippen molar-refractivity contribution >= 4 is 22.4 Å². The van der Waals surface area contributed by atoms with Gasteiger partial charge in [-0.2, -0.15) is 18.3 Å². The lowest BCUT2D eigenvalue weighted by Crippen LogP contribution is -2.13. The second-order valence-electron chi connectivity index (χ2n) is 5.23. The van der Waals surface area contributed by atoms with Gasteiger partial charge < -0.3 is 0 Å². The monoisotopic (exact) mass is 348 g/mol. The molecule has 0 fully saturated rings. The van der Waals surface area contributed by atoms with Gasteiger partial charge in [0.15, 0.2) is 5.82 Å². The highest BCUT2D eigenvalue weighted by molar-refractivity contribution is 5.99. The average Bonchev–Trinajstić information content (AvgIpc) is 2.59. The van der Waals surface area contributed by atoms with Gasteiger partial charge in [-0.05, 0) is 36.8 Å². The smallest absolute Gasteiger partial charge is 0.260 e. The molecule has 0 saturated carbocycles. The summed E-state index contributed by atoms with van der Waals surface area (Å²) in [7, 11) is 0. The van der Waals surface area contributed by atoms with E-state index in [0.717, 1.165) is 0 Å². The van der Waals surface area contributed by atoms with E-state index in [-0.39, 0.29) is 17.2 Å². The molecule has 1 N–H and O–H groups in total. The average molecular weight is 348 g/mol. The van der Waals surface area contributed by atoms with Gasteiger partial charge in [0.05, 0.1) is 11.2 Å². The minimum atomic E-state index is -4.67. The van der Waals surface area contributed by atoms with Crippen LogP contribution in [-0.2, 0) is 6.18 Å². The Morgan fingerprint density at radius 2 is 1.68 bits per heavy atom. The van der Waals surface area contributed by atoms with E-state index in [1.807, 2.05) is 0 Å². The molecule has 0 saturated heterocycles. The van der Waals surface area contributed by atoms with Gasteiger partial charge in [-0.15, -0.1) is 0 Å². The summed E-state index contributed by atoms with van der Waals surface area (Å²) in [4.78, 5) is 7.07. The molecule has 1 heterocycles. The number of hydrazone groups is 1. The van der Waals surface area contributed by atoms with Crippen LogP contribution in [0.5, 0.6) is 0 Å². The second kappa shape index (κ2) is 6.46. The summed E-state index contributed by atoms with van der Waals surface area (Å²) in [6.07, 6.45) is -4.67. The Bertz CT molecular complexity index is 934. The molecule has 128 valence electrons. The fourth-order valence-corrected chi connectivity index (χ4v) is 2.18. The predicted octanol–water partition coefficient (Wildman–Crippen LogP) is 4.62. The Labute approximate surface area is 140 Å². The van der Waals surface area contributed by atoms with Crippen molar-refractivity contribution in [2.75, 3.05) is 5.43 Å². The molecule has 0 aliphatic rings. The molecule has 0 atom stereocenters. The molecule has 8 heteroatoms.